The Labute approximate surface area is 109 Å². The summed E-state index contributed by atoms with van der Waals surface area (Å²) >= 11 is 1.39. The van der Waals surface area contributed by atoms with E-state index in [0.717, 1.165) is 5.56 Å². The minimum absolute atomic E-state index is 0.138. The summed E-state index contributed by atoms with van der Waals surface area (Å²) in [4.78, 5) is 12.5. The van der Waals surface area contributed by atoms with E-state index in [2.05, 4.69) is 10.5 Å². The van der Waals surface area contributed by atoms with E-state index >= 15 is 0 Å². The maximum Gasteiger partial charge on any atom is 0.265 e. The Morgan fingerprint density at radius 1 is 1.33 bits per heavy atom. The third-order valence-electron chi connectivity index (χ3n) is 2.43. The predicted molar refractivity (Wildman–Crippen MR) is 72.7 cm³/mol. The summed E-state index contributed by atoms with van der Waals surface area (Å²) in [6.45, 7) is 1.69. The van der Waals surface area contributed by atoms with Crippen LogP contribution in [0.5, 0.6) is 0 Å². The van der Waals surface area contributed by atoms with E-state index in [0.29, 0.717) is 16.3 Å². The molecule has 0 bridgehead atoms. The molecular formula is C13H12N2O2S. The SMILES string of the molecule is C/C(=N\O)c1cccc(NC(=O)c2cccs2)c1. The van der Waals surface area contributed by atoms with Crippen LogP contribution >= 0.6 is 11.3 Å². The summed E-state index contributed by atoms with van der Waals surface area (Å²) in [6.07, 6.45) is 0. The zero-order valence-electron chi connectivity index (χ0n) is 9.75. The van der Waals surface area contributed by atoms with E-state index in [1.807, 2.05) is 17.5 Å². The number of amides is 1. The fourth-order valence-electron chi connectivity index (χ4n) is 1.48. The summed E-state index contributed by atoms with van der Waals surface area (Å²) in [5.41, 5.74) is 1.94. The van der Waals surface area contributed by atoms with Crippen molar-refractivity contribution in [3.05, 3.63) is 52.2 Å². The molecule has 2 aromatic rings. The van der Waals surface area contributed by atoms with E-state index in [9.17, 15) is 4.79 Å². The molecule has 0 aliphatic carbocycles. The van der Waals surface area contributed by atoms with E-state index in [-0.39, 0.29) is 5.91 Å². The number of benzene rings is 1. The number of oxime groups is 1. The van der Waals surface area contributed by atoms with Crippen molar-refractivity contribution < 1.29 is 10.0 Å². The molecule has 1 amide bonds. The zero-order chi connectivity index (χ0) is 13.0. The van der Waals surface area contributed by atoms with Crippen molar-refractivity contribution in [1.82, 2.24) is 0 Å². The molecule has 1 aromatic heterocycles. The monoisotopic (exact) mass is 260 g/mol. The number of rotatable bonds is 3. The molecule has 0 fully saturated rings. The van der Waals surface area contributed by atoms with Crippen LogP contribution in [0.3, 0.4) is 0 Å². The molecule has 1 aromatic carbocycles. The highest BCUT2D eigenvalue weighted by atomic mass is 32.1. The first-order valence-electron chi connectivity index (χ1n) is 5.34. The van der Waals surface area contributed by atoms with Gasteiger partial charge in [0.2, 0.25) is 0 Å². The molecule has 2 rings (SSSR count). The second kappa shape index (κ2) is 5.46. The molecule has 0 saturated heterocycles. The quantitative estimate of drug-likeness (QED) is 0.505. The molecule has 1 heterocycles. The number of anilines is 1. The van der Waals surface area contributed by atoms with Crippen LogP contribution in [0.25, 0.3) is 0 Å². The Morgan fingerprint density at radius 3 is 2.83 bits per heavy atom. The van der Waals surface area contributed by atoms with Crippen molar-refractivity contribution in [2.24, 2.45) is 5.16 Å². The number of nitrogens with zero attached hydrogens (tertiary/aromatic N) is 1. The van der Waals surface area contributed by atoms with Gasteiger partial charge in [0.15, 0.2) is 0 Å². The molecular weight excluding hydrogens is 248 g/mol. The summed E-state index contributed by atoms with van der Waals surface area (Å²) < 4.78 is 0. The average molecular weight is 260 g/mol. The van der Waals surface area contributed by atoms with Gasteiger partial charge in [-0.2, -0.15) is 0 Å². The Bertz CT molecular complexity index is 576. The molecule has 0 spiro atoms. The molecule has 92 valence electrons. The lowest BCUT2D eigenvalue weighted by Gasteiger charge is -2.05. The van der Waals surface area contributed by atoms with Crippen LogP contribution in [0.15, 0.2) is 46.9 Å². The van der Waals surface area contributed by atoms with Crippen molar-refractivity contribution in [3.63, 3.8) is 0 Å². The number of carbonyl (C=O) groups excluding carboxylic acids is 1. The van der Waals surface area contributed by atoms with E-state index in [1.165, 1.54) is 11.3 Å². The Morgan fingerprint density at radius 2 is 2.17 bits per heavy atom. The zero-order valence-corrected chi connectivity index (χ0v) is 10.6. The largest absolute Gasteiger partial charge is 0.411 e. The average Bonchev–Trinajstić information content (AvgIpc) is 2.92. The van der Waals surface area contributed by atoms with Crippen molar-refractivity contribution in [2.45, 2.75) is 6.92 Å². The Balaban J connectivity index is 2.17. The Kier molecular flexibility index (Phi) is 3.74. The first-order valence-corrected chi connectivity index (χ1v) is 6.22. The maximum atomic E-state index is 11.8. The molecule has 5 heteroatoms. The third-order valence-corrected chi connectivity index (χ3v) is 3.30. The Hall–Kier alpha value is -2.14. The molecule has 4 nitrogen and oxygen atoms in total. The molecule has 0 saturated carbocycles. The van der Waals surface area contributed by atoms with Gasteiger partial charge < -0.3 is 10.5 Å². The number of hydrogen-bond acceptors (Lipinski definition) is 4. The molecule has 18 heavy (non-hydrogen) atoms. The number of hydrogen-bond donors (Lipinski definition) is 2. The van der Waals surface area contributed by atoms with Crippen LogP contribution in [0.4, 0.5) is 5.69 Å². The van der Waals surface area contributed by atoms with Crippen LogP contribution in [0.1, 0.15) is 22.2 Å². The number of carbonyl (C=O) groups is 1. The van der Waals surface area contributed by atoms with Crippen molar-refractivity contribution in [1.29, 1.82) is 0 Å². The minimum atomic E-state index is -0.138. The molecule has 0 radical (unpaired) electrons. The fraction of sp³-hybridized carbons (Fsp3) is 0.0769. The first kappa shape index (κ1) is 12.3. The van der Waals surface area contributed by atoms with Crippen LogP contribution in [0.2, 0.25) is 0 Å². The molecule has 0 aliphatic heterocycles. The van der Waals surface area contributed by atoms with Crippen molar-refractivity contribution in [3.8, 4) is 0 Å². The lowest BCUT2D eigenvalue weighted by molar-refractivity contribution is 0.103. The highest BCUT2D eigenvalue weighted by Crippen LogP contribution is 2.15. The minimum Gasteiger partial charge on any atom is -0.411 e. The van der Waals surface area contributed by atoms with E-state index < -0.39 is 0 Å². The summed E-state index contributed by atoms with van der Waals surface area (Å²) in [5.74, 6) is -0.138. The first-order chi connectivity index (χ1) is 8.70. The summed E-state index contributed by atoms with van der Waals surface area (Å²) in [5, 5.41) is 16.5. The highest BCUT2D eigenvalue weighted by molar-refractivity contribution is 7.12. The van der Waals surface area contributed by atoms with Gasteiger partial charge in [-0.1, -0.05) is 23.4 Å². The molecule has 2 N–H and O–H groups in total. The predicted octanol–water partition coefficient (Wildman–Crippen LogP) is 3.20. The number of thiophene rings is 1. The lowest BCUT2D eigenvalue weighted by atomic mass is 10.1. The van der Waals surface area contributed by atoms with Crippen LogP contribution in [-0.2, 0) is 0 Å². The third kappa shape index (κ3) is 2.75. The van der Waals surface area contributed by atoms with Gasteiger partial charge in [-0.25, -0.2) is 0 Å². The second-order valence-corrected chi connectivity index (χ2v) is 4.65. The van der Waals surface area contributed by atoms with Gasteiger partial charge in [-0.15, -0.1) is 11.3 Å². The molecule has 0 atom stereocenters. The normalized spacial score (nSPS) is 11.3. The van der Waals surface area contributed by atoms with Crippen LogP contribution in [-0.4, -0.2) is 16.8 Å². The standard InChI is InChI=1S/C13H12N2O2S/c1-9(15-17)10-4-2-5-11(8-10)14-13(16)12-6-3-7-18-12/h2-8,17H,1H3,(H,14,16)/b15-9+. The number of nitrogens with one attached hydrogen (secondary N) is 1. The van der Waals surface area contributed by atoms with Gasteiger partial charge in [-0.3, -0.25) is 4.79 Å². The second-order valence-electron chi connectivity index (χ2n) is 3.70. The van der Waals surface area contributed by atoms with E-state index in [4.69, 9.17) is 5.21 Å². The van der Waals surface area contributed by atoms with Gasteiger partial charge in [0, 0.05) is 11.3 Å². The molecule has 0 unspecified atom stereocenters. The summed E-state index contributed by atoms with van der Waals surface area (Å²) in [6, 6.07) is 10.8. The van der Waals surface area contributed by atoms with Gasteiger partial charge in [0.1, 0.15) is 0 Å². The van der Waals surface area contributed by atoms with Gasteiger partial charge in [0.05, 0.1) is 10.6 Å². The van der Waals surface area contributed by atoms with Gasteiger partial charge in [-0.05, 0) is 30.5 Å². The smallest absolute Gasteiger partial charge is 0.265 e. The fourth-order valence-corrected chi connectivity index (χ4v) is 2.10. The van der Waals surface area contributed by atoms with Crippen molar-refractivity contribution in [2.75, 3.05) is 5.32 Å². The van der Waals surface area contributed by atoms with Gasteiger partial charge >= 0.3 is 0 Å². The van der Waals surface area contributed by atoms with Crippen molar-refractivity contribution >= 4 is 28.6 Å². The van der Waals surface area contributed by atoms with Crippen LogP contribution < -0.4 is 5.32 Å². The lowest BCUT2D eigenvalue weighted by Crippen LogP contribution is -2.10. The van der Waals surface area contributed by atoms with E-state index in [1.54, 1.807) is 31.2 Å². The topological polar surface area (TPSA) is 61.7 Å². The summed E-state index contributed by atoms with van der Waals surface area (Å²) in [7, 11) is 0. The maximum absolute atomic E-state index is 11.8. The highest BCUT2D eigenvalue weighted by Gasteiger charge is 2.07. The van der Waals surface area contributed by atoms with Gasteiger partial charge in [0.25, 0.3) is 5.91 Å². The van der Waals surface area contributed by atoms with Crippen LogP contribution in [0, 0.1) is 0 Å². The molecule has 0 aliphatic rings.